The maximum absolute atomic E-state index is 4.55. The fraction of sp³-hybridized carbons (Fsp3) is 0.667. The summed E-state index contributed by atoms with van der Waals surface area (Å²) in [7, 11) is 0. The molecule has 0 aromatic carbocycles. The van der Waals surface area contributed by atoms with Crippen LogP contribution in [-0.4, -0.2) is 4.98 Å². The second-order valence-electron chi connectivity index (χ2n) is 7.13. The largest absolute Gasteiger partial charge is 0.261 e. The van der Waals surface area contributed by atoms with Crippen LogP contribution in [0, 0.1) is 10.8 Å². The van der Waals surface area contributed by atoms with Crippen LogP contribution in [0.3, 0.4) is 0 Å². The summed E-state index contributed by atoms with van der Waals surface area (Å²) in [6.45, 7) is 13.5. The van der Waals surface area contributed by atoms with Crippen LogP contribution < -0.4 is 0 Å². The van der Waals surface area contributed by atoms with Crippen molar-refractivity contribution in [2.24, 2.45) is 10.8 Å². The molecule has 1 rings (SSSR count). The standard InChI is InChI=1S/C15H25N/c1-14(2,3)9-12-7-8-13(16-11-12)10-15(4,5)6/h7-8,11H,9-10H2,1-6H3. The van der Waals surface area contributed by atoms with E-state index in [9.17, 15) is 0 Å². The van der Waals surface area contributed by atoms with Crippen LogP contribution in [0.1, 0.15) is 52.8 Å². The molecule has 0 aliphatic rings. The molecule has 90 valence electrons. The van der Waals surface area contributed by atoms with Crippen LogP contribution in [0.5, 0.6) is 0 Å². The first-order valence-electron chi connectivity index (χ1n) is 6.10. The molecule has 0 saturated heterocycles. The fourth-order valence-electron chi connectivity index (χ4n) is 1.82. The molecule has 1 heteroatoms. The maximum atomic E-state index is 4.55. The Morgan fingerprint density at radius 2 is 1.44 bits per heavy atom. The van der Waals surface area contributed by atoms with Crippen molar-refractivity contribution in [3.63, 3.8) is 0 Å². The Labute approximate surface area is 100 Å². The van der Waals surface area contributed by atoms with Gasteiger partial charge in [-0.15, -0.1) is 0 Å². The third-order valence-electron chi connectivity index (χ3n) is 2.33. The van der Waals surface area contributed by atoms with E-state index in [1.807, 2.05) is 6.20 Å². The van der Waals surface area contributed by atoms with Gasteiger partial charge in [-0.2, -0.15) is 0 Å². The van der Waals surface area contributed by atoms with Gasteiger partial charge in [-0.05, 0) is 35.3 Å². The number of nitrogens with zero attached hydrogens (tertiary/aromatic N) is 1. The number of rotatable bonds is 2. The first-order chi connectivity index (χ1) is 7.16. The van der Waals surface area contributed by atoms with Gasteiger partial charge in [-0.25, -0.2) is 0 Å². The van der Waals surface area contributed by atoms with Crippen LogP contribution in [-0.2, 0) is 12.8 Å². The van der Waals surface area contributed by atoms with Gasteiger partial charge >= 0.3 is 0 Å². The van der Waals surface area contributed by atoms with E-state index in [1.54, 1.807) is 0 Å². The van der Waals surface area contributed by atoms with Gasteiger partial charge in [0.2, 0.25) is 0 Å². The monoisotopic (exact) mass is 219 g/mol. The summed E-state index contributed by atoms with van der Waals surface area (Å²) in [6, 6.07) is 4.39. The van der Waals surface area contributed by atoms with Gasteiger partial charge in [-0.3, -0.25) is 4.98 Å². The summed E-state index contributed by atoms with van der Waals surface area (Å²) in [5.41, 5.74) is 3.20. The molecule has 0 N–H and O–H groups in total. The van der Waals surface area contributed by atoms with E-state index in [2.05, 4.69) is 58.7 Å². The molecule has 0 bridgehead atoms. The van der Waals surface area contributed by atoms with E-state index in [1.165, 1.54) is 11.3 Å². The van der Waals surface area contributed by atoms with Gasteiger partial charge in [-0.1, -0.05) is 47.6 Å². The molecule has 1 nitrogen and oxygen atoms in total. The minimum Gasteiger partial charge on any atom is -0.261 e. The minimum absolute atomic E-state index is 0.318. The summed E-state index contributed by atoms with van der Waals surface area (Å²) in [5.74, 6) is 0. The van der Waals surface area contributed by atoms with Gasteiger partial charge in [0.25, 0.3) is 0 Å². The molecule has 1 aromatic rings. The zero-order chi connectivity index (χ0) is 12.4. The van der Waals surface area contributed by atoms with Crippen molar-refractivity contribution in [3.8, 4) is 0 Å². The topological polar surface area (TPSA) is 12.9 Å². The lowest BCUT2D eigenvalue weighted by molar-refractivity contribution is 0.403. The highest BCUT2D eigenvalue weighted by Crippen LogP contribution is 2.22. The average molecular weight is 219 g/mol. The van der Waals surface area contributed by atoms with Crippen LogP contribution in [0.25, 0.3) is 0 Å². The Balaban J connectivity index is 2.69. The van der Waals surface area contributed by atoms with Crippen molar-refractivity contribution in [1.29, 1.82) is 0 Å². The Morgan fingerprint density at radius 1 is 0.875 bits per heavy atom. The predicted molar refractivity (Wildman–Crippen MR) is 70.6 cm³/mol. The summed E-state index contributed by atoms with van der Waals surface area (Å²) >= 11 is 0. The molecule has 0 fully saturated rings. The fourth-order valence-corrected chi connectivity index (χ4v) is 1.82. The van der Waals surface area contributed by atoms with Crippen molar-refractivity contribution in [3.05, 3.63) is 29.6 Å². The van der Waals surface area contributed by atoms with Crippen molar-refractivity contribution in [2.45, 2.75) is 54.4 Å². The maximum Gasteiger partial charge on any atom is 0.0409 e. The van der Waals surface area contributed by atoms with Crippen molar-refractivity contribution in [1.82, 2.24) is 4.98 Å². The van der Waals surface area contributed by atoms with Crippen molar-refractivity contribution in [2.75, 3.05) is 0 Å². The summed E-state index contributed by atoms with van der Waals surface area (Å²) in [6.07, 6.45) is 4.17. The third-order valence-corrected chi connectivity index (χ3v) is 2.33. The molecule has 0 radical (unpaired) electrons. The number of aromatic nitrogens is 1. The normalized spacial score (nSPS) is 12.9. The summed E-state index contributed by atoms with van der Waals surface area (Å²) in [5, 5.41) is 0. The zero-order valence-electron chi connectivity index (χ0n) is 11.6. The van der Waals surface area contributed by atoms with E-state index in [0.29, 0.717) is 10.8 Å². The van der Waals surface area contributed by atoms with Gasteiger partial charge < -0.3 is 0 Å². The first-order valence-corrected chi connectivity index (χ1v) is 6.10. The Kier molecular flexibility index (Phi) is 3.77. The van der Waals surface area contributed by atoms with Crippen LogP contribution >= 0.6 is 0 Å². The minimum atomic E-state index is 0.318. The number of pyridine rings is 1. The Hall–Kier alpha value is -0.850. The van der Waals surface area contributed by atoms with Crippen LogP contribution in [0.4, 0.5) is 0 Å². The average Bonchev–Trinajstić information content (AvgIpc) is 2.03. The summed E-state index contributed by atoms with van der Waals surface area (Å²) in [4.78, 5) is 4.55. The van der Waals surface area contributed by atoms with E-state index in [4.69, 9.17) is 0 Å². The second kappa shape index (κ2) is 4.57. The summed E-state index contributed by atoms with van der Waals surface area (Å²) < 4.78 is 0. The zero-order valence-corrected chi connectivity index (χ0v) is 11.6. The highest BCUT2D eigenvalue weighted by molar-refractivity contribution is 5.16. The predicted octanol–water partition coefficient (Wildman–Crippen LogP) is 4.26. The molecule has 16 heavy (non-hydrogen) atoms. The van der Waals surface area contributed by atoms with Crippen LogP contribution in [0.2, 0.25) is 0 Å². The van der Waals surface area contributed by atoms with Crippen LogP contribution in [0.15, 0.2) is 18.3 Å². The SMILES string of the molecule is CC(C)(C)Cc1ccc(CC(C)(C)C)nc1. The molecule has 0 amide bonds. The van der Waals surface area contributed by atoms with Gasteiger partial charge in [0.15, 0.2) is 0 Å². The van der Waals surface area contributed by atoms with Crippen molar-refractivity contribution >= 4 is 0 Å². The molecular formula is C15H25N. The van der Waals surface area contributed by atoms with E-state index < -0.39 is 0 Å². The van der Waals surface area contributed by atoms with Gasteiger partial charge in [0.1, 0.15) is 0 Å². The highest BCUT2D eigenvalue weighted by Gasteiger charge is 2.14. The quantitative estimate of drug-likeness (QED) is 0.724. The van der Waals surface area contributed by atoms with Gasteiger partial charge in [0.05, 0.1) is 0 Å². The number of hydrogen-bond donors (Lipinski definition) is 0. The van der Waals surface area contributed by atoms with Crippen molar-refractivity contribution < 1.29 is 0 Å². The molecule has 0 spiro atoms. The lowest BCUT2D eigenvalue weighted by atomic mass is 9.88. The smallest absolute Gasteiger partial charge is 0.0409 e. The first kappa shape index (κ1) is 13.2. The van der Waals surface area contributed by atoms with Gasteiger partial charge in [0, 0.05) is 11.9 Å². The number of hydrogen-bond acceptors (Lipinski definition) is 1. The van der Waals surface area contributed by atoms with E-state index in [-0.39, 0.29) is 0 Å². The molecular weight excluding hydrogens is 194 g/mol. The molecule has 0 saturated carbocycles. The molecule has 0 aliphatic carbocycles. The highest BCUT2D eigenvalue weighted by atomic mass is 14.7. The lowest BCUT2D eigenvalue weighted by Crippen LogP contribution is -2.12. The molecule has 0 unspecified atom stereocenters. The second-order valence-corrected chi connectivity index (χ2v) is 7.13. The molecule has 0 aliphatic heterocycles. The molecule has 1 heterocycles. The molecule has 0 atom stereocenters. The Bertz CT molecular complexity index is 287. The molecule has 1 aromatic heterocycles. The van der Waals surface area contributed by atoms with E-state index >= 15 is 0 Å². The lowest BCUT2D eigenvalue weighted by Gasteiger charge is -2.19. The van der Waals surface area contributed by atoms with E-state index in [0.717, 1.165) is 12.8 Å². The third kappa shape index (κ3) is 5.29. The Morgan fingerprint density at radius 3 is 1.81 bits per heavy atom.